The molecular formula is C28H28ClN3O5. The van der Waals surface area contributed by atoms with E-state index in [1.165, 1.54) is 4.68 Å². The van der Waals surface area contributed by atoms with Gasteiger partial charge in [-0.1, -0.05) is 29.8 Å². The number of rotatable bonds is 12. The summed E-state index contributed by atoms with van der Waals surface area (Å²) in [4.78, 5) is 12.8. The van der Waals surface area contributed by atoms with Gasteiger partial charge in [-0.05, 0) is 74.0 Å². The Hall–Kier alpha value is -4.17. The number of anilines is 1. The number of benzene rings is 3. The summed E-state index contributed by atoms with van der Waals surface area (Å²) in [5.41, 5.74) is 1.93. The summed E-state index contributed by atoms with van der Waals surface area (Å²) in [5, 5.41) is 7.53. The Morgan fingerprint density at radius 2 is 1.62 bits per heavy atom. The summed E-state index contributed by atoms with van der Waals surface area (Å²) in [6, 6.07) is 21.6. The predicted octanol–water partition coefficient (Wildman–Crippen LogP) is 6.20. The fourth-order valence-electron chi connectivity index (χ4n) is 3.50. The Morgan fingerprint density at radius 3 is 2.38 bits per heavy atom. The van der Waals surface area contributed by atoms with Crippen LogP contribution in [0, 0.1) is 0 Å². The lowest BCUT2D eigenvalue weighted by molar-refractivity contribution is 0.100. The van der Waals surface area contributed by atoms with Gasteiger partial charge in [0.2, 0.25) is 0 Å². The molecule has 0 aliphatic heterocycles. The van der Waals surface area contributed by atoms with Crippen LogP contribution in [0.4, 0.5) is 5.69 Å². The van der Waals surface area contributed by atoms with Gasteiger partial charge in [-0.25, -0.2) is 4.68 Å². The van der Waals surface area contributed by atoms with Crippen molar-refractivity contribution in [2.75, 3.05) is 18.5 Å². The first kappa shape index (κ1) is 25.9. The highest BCUT2D eigenvalue weighted by Crippen LogP contribution is 2.29. The molecule has 0 saturated heterocycles. The van der Waals surface area contributed by atoms with Crippen molar-refractivity contribution < 1.29 is 23.7 Å². The second-order valence-corrected chi connectivity index (χ2v) is 8.24. The van der Waals surface area contributed by atoms with E-state index in [9.17, 15) is 4.79 Å². The molecule has 37 heavy (non-hydrogen) atoms. The molecule has 0 unspecified atom stereocenters. The number of halogens is 1. The van der Waals surface area contributed by atoms with Crippen molar-refractivity contribution >= 4 is 23.2 Å². The maximum atomic E-state index is 12.8. The molecule has 0 aliphatic carbocycles. The second-order valence-electron chi connectivity index (χ2n) is 7.83. The quantitative estimate of drug-likeness (QED) is 0.239. The van der Waals surface area contributed by atoms with E-state index in [1.54, 1.807) is 48.7 Å². The van der Waals surface area contributed by atoms with Gasteiger partial charge in [-0.3, -0.25) is 4.79 Å². The van der Waals surface area contributed by atoms with Crippen LogP contribution in [0.5, 0.6) is 23.0 Å². The molecule has 0 fully saturated rings. The Kier molecular flexibility index (Phi) is 8.89. The van der Waals surface area contributed by atoms with Crippen LogP contribution in [0.25, 0.3) is 0 Å². The maximum Gasteiger partial charge on any atom is 0.274 e. The molecule has 1 heterocycles. The zero-order valence-electron chi connectivity index (χ0n) is 20.6. The smallest absolute Gasteiger partial charge is 0.274 e. The van der Waals surface area contributed by atoms with E-state index in [4.69, 9.17) is 30.5 Å². The highest BCUT2D eigenvalue weighted by atomic mass is 35.5. The molecule has 0 bridgehead atoms. The lowest BCUT2D eigenvalue weighted by Crippen LogP contribution is -2.19. The molecule has 0 saturated carbocycles. The van der Waals surface area contributed by atoms with Crippen molar-refractivity contribution in [1.82, 2.24) is 9.78 Å². The topological polar surface area (TPSA) is 83.8 Å². The molecule has 0 radical (unpaired) electrons. The zero-order valence-corrected chi connectivity index (χ0v) is 21.4. The molecule has 1 amide bonds. The SMILES string of the molecule is CCOc1ccc(COc2ccc(NC(=O)c3ccnn3COc3ccccc3Cl)cc2)cc1OCC. The Morgan fingerprint density at radius 1 is 0.865 bits per heavy atom. The van der Waals surface area contributed by atoms with Crippen molar-refractivity contribution in [3.63, 3.8) is 0 Å². The monoisotopic (exact) mass is 521 g/mol. The van der Waals surface area contributed by atoms with E-state index >= 15 is 0 Å². The first-order valence-electron chi connectivity index (χ1n) is 11.9. The van der Waals surface area contributed by atoms with Crippen LogP contribution in [0.1, 0.15) is 29.9 Å². The predicted molar refractivity (Wildman–Crippen MR) is 142 cm³/mol. The Labute approximate surface area is 220 Å². The van der Waals surface area contributed by atoms with Crippen LogP contribution in [0.15, 0.2) is 79.0 Å². The van der Waals surface area contributed by atoms with Crippen LogP contribution < -0.4 is 24.3 Å². The molecule has 0 aliphatic rings. The van der Waals surface area contributed by atoms with E-state index in [-0.39, 0.29) is 12.6 Å². The van der Waals surface area contributed by atoms with Crippen LogP contribution in [-0.4, -0.2) is 28.9 Å². The summed E-state index contributed by atoms with van der Waals surface area (Å²) < 4.78 is 24.4. The number of aromatic nitrogens is 2. The molecule has 4 rings (SSSR count). The molecule has 1 aromatic heterocycles. The molecule has 192 valence electrons. The van der Waals surface area contributed by atoms with Gasteiger partial charge in [0.25, 0.3) is 5.91 Å². The van der Waals surface area contributed by atoms with Gasteiger partial charge in [-0.15, -0.1) is 0 Å². The molecule has 1 N–H and O–H groups in total. The van der Waals surface area contributed by atoms with E-state index in [1.807, 2.05) is 44.2 Å². The third-order valence-electron chi connectivity index (χ3n) is 5.25. The van der Waals surface area contributed by atoms with Crippen LogP contribution >= 0.6 is 11.6 Å². The lowest BCUT2D eigenvalue weighted by atomic mass is 10.2. The summed E-state index contributed by atoms with van der Waals surface area (Å²) in [6.45, 7) is 5.39. The third kappa shape index (κ3) is 6.95. The minimum Gasteiger partial charge on any atom is -0.490 e. The molecule has 8 nitrogen and oxygen atoms in total. The first-order valence-corrected chi connectivity index (χ1v) is 12.3. The maximum absolute atomic E-state index is 12.8. The fourth-order valence-corrected chi connectivity index (χ4v) is 3.69. The van der Waals surface area contributed by atoms with Crippen molar-refractivity contribution in [2.24, 2.45) is 0 Å². The minimum atomic E-state index is -0.313. The highest BCUT2D eigenvalue weighted by molar-refractivity contribution is 6.32. The van der Waals surface area contributed by atoms with E-state index in [0.717, 1.165) is 5.56 Å². The number of amides is 1. The summed E-state index contributed by atoms with van der Waals surface area (Å²) >= 11 is 6.13. The average Bonchev–Trinajstić information content (AvgIpc) is 3.38. The first-order chi connectivity index (χ1) is 18.1. The van der Waals surface area contributed by atoms with Crippen molar-refractivity contribution in [1.29, 1.82) is 0 Å². The van der Waals surface area contributed by atoms with Gasteiger partial charge in [0.05, 0.1) is 18.2 Å². The number of ether oxygens (including phenoxy) is 4. The van der Waals surface area contributed by atoms with Crippen LogP contribution in [-0.2, 0) is 13.3 Å². The molecule has 9 heteroatoms. The normalized spacial score (nSPS) is 10.6. The number of nitrogens with zero attached hydrogens (tertiary/aromatic N) is 2. The molecule has 3 aromatic carbocycles. The fraction of sp³-hybridized carbons (Fsp3) is 0.214. The van der Waals surface area contributed by atoms with E-state index < -0.39 is 0 Å². The van der Waals surface area contributed by atoms with Gasteiger partial charge < -0.3 is 24.3 Å². The van der Waals surface area contributed by atoms with E-state index in [2.05, 4.69) is 10.4 Å². The largest absolute Gasteiger partial charge is 0.490 e. The van der Waals surface area contributed by atoms with E-state index in [0.29, 0.717) is 59.2 Å². The number of hydrogen-bond acceptors (Lipinski definition) is 6. The standard InChI is InChI=1S/C28H28ClN3O5/c1-3-34-26-14-9-20(17-27(26)35-4-2)18-36-22-12-10-21(11-13-22)31-28(33)24-15-16-30-32(24)19-37-25-8-6-5-7-23(25)29/h5-17H,3-4,18-19H2,1-2H3,(H,31,33). The number of nitrogens with one attached hydrogen (secondary N) is 1. The highest BCUT2D eigenvalue weighted by Gasteiger charge is 2.14. The van der Waals surface area contributed by atoms with Gasteiger partial charge in [0.1, 0.15) is 23.8 Å². The summed E-state index contributed by atoms with van der Waals surface area (Å²) in [7, 11) is 0. The van der Waals surface area contributed by atoms with Crippen molar-refractivity contribution in [3.05, 3.63) is 95.3 Å². The summed E-state index contributed by atoms with van der Waals surface area (Å²) in [6.07, 6.45) is 1.54. The van der Waals surface area contributed by atoms with Crippen molar-refractivity contribution in [3.8, 4) is 23.0 Å². The number of carbonyl (C=O) groups excluding carboxylic acids is 1. The average molecular weight is 522 g/mol. The lowest BCUT2D eigenvalue weighted by Gasteiger charge is -2.13. The van der Waals surface area contributed by atoms with Gasteiger partial charge in [0.15, 0.2) is 18.2 Å². The zero-order chi connectivity index (χ0) is 26.0. The summed E-state index contributed by atoms with van der Waals surface area (Å²) in [5.74, 6) is 2.28. The number of para-hydroxylation sites is 1. The van der Waals surface area contributed by atoms with Gasteiger partial charge in [-0.2, -0.15) is 5.10 Å². The molecule has 0 spiro atoms. The number of carbonyl (C=O) groups is 1. The Balaban J connectivity index is 1.33. The minimum absolute atomic E-state index is 0.0445. The molecule has 0 atom stereocenters. The van der Waals surface area contributed by atoms with Crippen LogP contribution in [0.2, 0.25) is 5.02 Å². The van der Waals surface area contributed by atoms with Crippen molar-refractivity contribution in [2.45, 2.75) is 27.2 Å². The molecular weight excluding hydrogens is 494 g/mol. The van der Waals surface area contributed by atoms with Crippen LogP contribution in [0.3, 0.4) is 0 Å². The second kappa shape index (κ2) is 12.7. The number of hydrogen-bond donors (Lipinski definition) is 1. The Bertz CT molecular complexity index is 1320. The van der Waals surface area contributed by atoms with Gasteiger partial charge in [0, 0.05) is 11.9 Å². The third-order valence-corrected chi connectivity index (χ3v) is 5.57. The van der Waals surface area contributed by atoms with Gasteiger partial charge >= 0.3 is 0 Å². The molecule has 4 aromatic rings.